The molecule has 0 aromatic carbocycles. The molecule has 0 aliphatic carbocycles. The zero-order valence-electron chi connectivity index (χ0n) is 13.8. The third-order valence-electron chi connectivity index (χ3n) is 4.50. The second-order valence-corrected chi connectivity index (χ2v) is 7.31. The van der Waals surface area contributed by atoms with E-state index in [2.05, 4.69) is 5.32 Å². The smallest absolute Gasteiger partial charge is 0.410 e. The van der Waals surface area contributed by atoms with Gasteiger partial charge < -0.3 is 19.9 Å². The summed E-state index contributed by atoms with van der Waals surface area (Å²) in [5, 5.41) is 4.49. The second kappa shape index (κ2) is 6.43. The van der Waals surface area contributed by atoms with E-state index < -0.39 is 5.60 Å². The number of amides is 3. The molecule has 2 aliphatic rings. The number of ether oxygens (including phenoxy) is 1. The molecular formula is C16H21N3O4S. The Bertz CT molecular complexity index is 674. The zero-order chi connectivity index (χ0) is 17.3. The Morgan fingerprint density at radius 1 is 1.33 bits per heavy atom. The molecule has 1 N–H and O–H groups in total. The number of nitrogens with one attached hydrogen (secondary N) is 1. The summed E-state index contributed by atoms with van der Waals surface area (Å²) in [5.41, 5.74) is 0.0834. The Kier molecular flexibility index (Phi) is 4.49. The van der Waals surface area contributed by atoms with Crippen molar-refractivity contribution in [3.05, 3.63) is 16.3 Å². The van der Waals surface area contributed by atoms with Crippen molar-refractivity contribution in [2.45, 2.75) is 31.8 Å². The predicted octanol–water partition coefficient (Wildman–Crippen LogP) is 2.15. The number of rotatable bonds is 2. The van der Waals surface area contributed by atoms with Gasteiger partial charge in [-0.3, -0.25) is 9.59 Å². The van der Waals surface area contributed by atoms with E-state index >= 15 is 0 Å². The van der Waals surface area contributed by atoms with Crippen molar-refractivity contribution in [3.8, 4) is 0 Å². The molecule has 7 nitrogen and oxygen atoms in total. The van der Waals surface area contributed by atoms with Crippen molar-refractivity contribution in [2.75, 3.05) is 32.0 Å². The lowest BCUT2D eigenvalue weighted by molar-refractivity contribution is -0.114. The number of hydrogen-bond donors (Lipinski definition) is 1. The first-order valence-electron chi connectivity index (χ1n) is 7.99. The summed E-state index contributed by atoms with van der Waals surface area (Å²) in [7, 11) is 1.73. The average Bonchev–Trinajstić information content (AvgIpc) is 2.99. The van der Waals surface area contributed by atoms with Crippen LogP contribution in [0.25, 0.3) is 0 Å². The maximum Gasteiger partial charge on any atom is 0.410 e. The number of carbonyl (C=O) groups is 3. The van der Waals surface area contributed by atoms with Gasteiger partial charge in [0.05, 0.1) is 12.2 Å². The quantitative estimate of drug-likeness (QED) is 0.885. The molecular weight excluding hydrogens is 330 g/mol. The summed E-state index contributed by atoms with van der Waals surface area (Å²) in [6.07, 6.45) is 1.89. The van der Waals surface area contributed by atoms with E-state index in [1.54, 1.807) is 28.3 Å². The van der Waals surface area contributed by atoms with Crippen LogP contribution in [-0.4, -0.2) is 60.0 Å². The van der Waals surface area contributed by atoms with Gasteiger partial charge in [-0.2, -0.15) is 0 Å². The van der Waals surface area contributed by atoms with Gasteiger partial charge in [0.1, 0.15) is 10.5 Å². The van der Waals surface area contributed by atoms with Crippen LogP contribution in [0.5, 0.6) is 0 Å². The van der Waals surface area contributed by atoms with Crippen molar-refractivity contribution in [1.82, 2.24) is 9.80 Å². The standard InChI is InChI=1S/C16H21N3O4S/c1-11(20)17-12-4-9-24-13(12)14(21)19-7-3-5-16(6-8-19)10-18(2)15(22)23-16/h4,9H,3,5-8,10H2,1-2H3,(H,17,20). The molecule has 8 heteroatoms. The first kappa shape index (κ1) is 16.8. The molecule has 0 bridgehead atoms. The summed E-state index contributed by atoms with van der Waals surface area (Å²) in [5.74, 6) is -0.276. The van der Waals surface area contributed by atoms with Crippen LogP contribution in [0.1, 0.15) is 35.9 Å². The van der Waals surface area contributed by atoms with Gasteiger partial charge in [-0.15, -0.1) is 11.3 Å². The highest BCUT2D eigenvalue weighted by Gasteiger charge is 2.44. The van der Waals surface area contributed by atoms with Crippen molar-refractivity contribution in [1.29, 1.82) is 0 Å². The molecule has 2 fully saturated rings. The van der Waals surface area contributed by atoms with Gasteiger partial charge in [0, 0.05) is 33.5 Å². The lowest BCUT2D eigenvalue weighted by atomic mass is 9.95. The predicted molar refractivity (Wildman–Crippen MR) is 90.2 cm³/mol. The number of anilines is 1. The normalized spacial score (nSPS) is 24.0. The Morgan fingerprint density at radius 2 is 2.12 bits per heavy atom. The highest BCUT2D eigenvalue weighted by molar-refractivity contribution is 7.12. The minimum atomic E-state index is -0.475. The maximum absolute atomic E-state index is 12.8. The van der Waals surface area contributed by atoms with Crippen LogP contribution >= 0.6 is 11.3 Å². The molecule has 3 rings (SSSR count). The molecule has 2 aliphatic heterocycles. The van der Waals surface area contributed by atoms with Gasteiger partial charge in [0.2, 0.25) is 5.91 Å². The fourth-order valence-corrected chi connectivity index (χ4v) is 4.15. The topological polar surface area (TPSA) is 79.0 Å². The van der Waals surface area contributed by atoms with E-state index in [9.17, 15) is 14.4 Å². The summed E-state index contributed by atoms with van der Waals surface area (Å²) < 4.78 is 5.57. The number of carbonyl (C=O) groups excluding carboxylic acids is 3. The van der Waals surface area contributed by atoms with E-state index in [0.717, 1.165) is 12.8 Å². The summed E-state index contributed by atoms with van der Waals surface area (Å²) in [6.45, 7) is 3.16. The molecule has 130 valence electrons. The zero-order valence-corrected chi connectivity index (χ0v) is 14.6. The molecule has 1 aromatic heterocycles. The van der Waals surface area contributed by atoms with Gasteiger partial charge in [0.15, 0.2) is 0 Å². The SMILES string of the molecule is CC(=O)Nc1ccsc1C(=O)N1CCCC2(CC1)CN(C)C(=O)O2. The molecule has 0 radical (unpaired) electrons. The van der Waals surface area contributed by atoms with Crippen LogP contribution in [0.2, 0.25) is 0 Å². The van der Waals surface area contributed by atoms with Gasteiger partial charge >= 0.3 is 6.09 Å². The van der Waals surface area contributed by atoms with Crippen LogP contribution in [0.15, 0.2) is 11.4 Å². The van der Waals surface area contributed by atoms with E-state index in [-0.39, 0.29) is 17.9 Å². The monoisotopic (exact) mass is 351 g/mol. The Labute approximate surface area is 144 Å². The molecule has 3 amide bonds. The molecule has 24 heavy (non-hydrogen) atoms. The third-order valence-corrected chi connectivity index (χ3v) is 5.40. The number of hydrogen-bond acceptors (Lipinski definition) is 5. The molecule has 2 saturated heterocycles. The fraction of sp³-hybridized carbons (Fsp3) is 0.562. The average molecular weight is 351 g/mol. The van der Waals surface area contributed by atoms with E-state index in [0.29, 0.717) is 36.6 Å². The number of thiophene rings is 1. The lowest BCUT2D eigenvalue weighted by Crippen LogP contribution is -2.36. The number of likely N-dealkylation sites (N-methyl/N-ethyl adjacent to an activating group) is 1. The van der Waals surface area contributed by atoms with Gasteiger partial charge in [0.25, 0.3) is 5.91 Å². The van der Waals surface area contributed by atoms with Crippen molar-refractivity contribution >= 4 is 34.9 Å². The molecule has 1 aromatic rings. The molecule has 1 unspecified atom stereocenters. The lowest BCUT2D eigenvalue weighted by Gasteiger charge is -2.25. The van der Waals surface area contributed by atoms with E-state index in [4.69, 9.17) is 4.74 Å². The van der Waals surface area contributed by atoms with E-state index in [1.807, 2.05) is 0 Å². The van der Waals surface area contributed by atoms with Gasteiger partial charge in [-0.25, -0.2) is 4.79 Å². The highest BCUT2D eigenvalue weighted by Crippen LogP contribution is 2.33. The minimum Gasteiger partial charge on any atom is -0.441 e. The first-order chi connectivity index (χ1) is 11.4. The second-order valence-electron chi connectivity index (χ2n) is 6.40. The molecule has 0 saturated carbocycles. The van der Waals surface area contributed by atoms with Crippen molar-refractivity contribution < 1.29 is 19.1 Å². The third kappa shape index (κ3) is 3.24. The maximum atomic E-state index is 12.8. The van der Waals surface area contributed by atoms with Gasteiger partial charge in [-0.05, 0) is 24.3 Å². The molecule has 1 atom stereocenters. The fourth-order valence-electron chi connectivity index (χ4n) is 3.33. The first-order valence-corrected chi connectivity index (χ1v) is 8.87. The molecule has 3 heterocycles. The summed E-state index contributed by atoms with van der Waals surface area (Å²) in [6, 6.07) is 1.74. The van der Waals surface area contributed by atoms with Gasteiger partial charge in [-0.1, -0.05) is 0 Å². The number of nitrogens with zero attached hydrogens (tertiary/aromatic N) is 2. The minimum absolute atomic E-state index is 0.0801. The molecule has 1 spiro atoms. The van der Waals surface area contributed by atoms with Crippen LogP contribution in [0.3, 0.4) is 0 Å². The van der Waals surface area contributed by atoms with Crippen LogP contribution in [0, 0.1) is 0 Å². The van der Waals surface area contributed by atoms with Crippen molar-refractivity contribution in [3.63, 3.8) is 0 Å². The van der Waals surface area contributed by atoms with Crippen LogP contribution < -0.4 is 5.32 Å². The summed E-state index contributed by atoms with van der Waals surface area (Å²) in [4.78, 5) is 39.7. The Balaban J connectivity index is 1.70. The Morgan fingerprint density at radius 3 is 2.79 bits per heavy atom. The van der Waals surface area contributed by atoms with E-state index in [1.165, 1.54) is 18.3 Å². The van der Waals surface area contributed by atoms with Crippen LogP contribution in [0.4, 0.5) is 10.5 Å². The van der Waals surface area contributed by atoms with Crippen molar-refractivity contribution in [2.24, 2.45) is 0 Å². The summed E-state index contributed by atoms with van der Waals surface area (Å²) >= 11 is 1.33. The number of likely N-dealkylation sites (tertiary alicyclic amines) is 1. The largest absolute Gasteiger partial charge is 0.441 e. The van der Waals surface area contributed by atoms with Crippen LogP contribution in [-0.2, 0) is 9.53 Å². The Hall–Kier alpha value is -2.09. The highest BCUT2D eigenvalue weighted by atomic mass is 32.1.